The highest BCUT2D eigenvalue weighted by Crippen LogP contribution is 2.28. The summed E-state index contributed by atoms with van der Waals surface area (Å²) in [5.74, 6) is -1.44. The molecule has 3 rings (SSSR count). The van der Waals surface area contributed by atoms with Gasteiger partial charge < -0.3 is 15.3 Å². The lowest BCUT2D eigenvalue weighted by atomic mass is 9.92. The van der Waals surface area contributed by atoms with Crippen molar-refractivity contribution in [2.75, 3.05) is 23.3 Å². The van der Waals surface area contributed by atoms with E-state index in [1.165, 1.54) is 12.3 Å². The summed E-state index contributed by atoms with van der Waals surface area (Å²) >= 11 is 6.02. The van der Waals surface area contributed by atoms with Crippen molar-refractivity contribution in [1.29, 1.82) is 0 Å². The smallest absolute Gasteiger partial charge is 0.347 e. The van der Waals surface area contributed by atoms with Crippen LogP contribution in [0, 0.1) is 11.7 Å². The van der Waals surface area contributed by atoms with E-state index in [1.54, 1.807) is 35.0 Å². The van der Waals surface area contributed by atoms with Crippen LogP contribution >= 0.6 is 50.1 Å². The average Bonchev–Trinajstić information content (AvgIpc) is 3.19. The van der Waals surface area contributed by atoms with E-state index >= 15 is 0 Å². The second-order valence-electron chi connectivity index (χ2n) is 6.12. The van der Waals surface area contributed by atoms with Crippen LogP contribution in [0.4, 0.5) is 15.2 Å². The number of Topliss-reactive ketones (excluding diaryl/α,β-unsaturated/α-hetero) is 1. The van der Waals surface area contributed by atoms with Gasteiger partial charge >= 0.3 is 5.97 Å². The fourth-order valence-corrected chi connectivity index (χ4v) is 4.41. The Morgan fingerprint density at radius 2 is 2.11 bits per heavy atom. The van der Waals surface area contributed by atoms with E-state index < -0.39 is 5.97 Å². The van der Waals surface area contributed by atoms with Crippen LogP contribution in [0.5, 0.6) is 0 Å². The van der Waals surface area contributed by atoms with E-state index in [0.29, 0.717) is 41.2 Å². The number of aromatic carboxylic acids is 1. The molecule has 11 heteroatoms. The van der Waals surface area contributed by atoms with Gasteiger partial charge in [-0.3, -0.25) is 4.79 Å². The number of carboxylic acid groups (broad SMARTS) is 1. The number of benzene rings is 1. The molecule has 1 aromatic heterocycles. The van der Waals surface area contributed by atoms with Gasteiger partial charge in [-0.2, -0.15) is 3.21 Å². The number of thiazole rings is 1. The number of anilines is 2. The zero-order valence-electron chi connectivity index (χ0n) is 14.4. The Balaban J connectivity index is 1.61. The van der Waals surface area contributed by atoms with Crippen molar-refractivity contribution in [1.82, 2.24) is 4.98 Å². The third-order valence-corrected chi connectivity index (χ3v) is 6.48. The van der Waals surface area contributed by atoms with Gasteiger partial charge in [0, 0.05) is 24.7 Å². The number of rotatable bonds is 5. The van der Waals surface area contributed by atoms with E-state index in [4.69, 9.17) is 5.11 Å². The molecule has 1 aliphatic heterocycles. The maximum atomic E-state index is 13.4. The van der Waals surface area contributed by atoms with Gasteiger partial charge in [-0.25, -0.2) is 14.2 Å². The van der Waals surface area contributed by atoms with Gasteiger partial charge in [0.25, 0.3) is 0 Å². The predicted octanol–water partition coefficient (Wildman–Crippen LogP) is 4.39. The molecule has 1 aromatic carbocycles. The highest BCUT2D eigenvalue weighted by Gasteiger charge is 2.29. The zero-order valence-corrected chi connectivity index (χ0v) is 18.9. The van der Waals surface area contributed by atoms with Gasteiger partial charge in [-0.05, 0) is 47.0 Å². The molecule has 2 N–H and O–H groups in total. The summed E-state index contributed by atoms with van der Waals surface area (Å²) in [6.45, 7) is 1.22. The predicted molar refractivity (Wildman–Crippen MR) is 118 cm³/mol. The van der Waals surface area contributed by atoms with Crippen molar-refractivity contribution in [2.24, 2.45) is 9.12 Å². The highest BCUT2D eigenvalue weighted by molar-refractivity contribution is 14.1. The summed E-state index contributed by atoms with van der Waals surface area (Å²) in [7, 11) is 0. The van der Waals surface area contributed by atoms with Crippen molar-refractivity contribution in [3.05, 3.63) is 39.6 Å². The molecular weight excluding hydrogens is 566 g/mol. The Kier molecular flexibility index (Phi) is 6.99. The quantitative estimate of drug-likeness (QED) is 0.309. The lowest BCUT2D eigenvalue weighted by molar-refractivity contribution is -0.116. The second kappa shape index (κ2) is 9.27. The first kappa shape index (κ1) is 21.1. The maximum absolute atomic E-state index is 13.4. The molecule has 0 unspecified atom stereocenters. The normalized spacial score (nSPS) is 15.5. The Labute approximate surface area is 186 Å². The Morgan fingerprint density at radius 3 is 2.68 bits per heavy atom. The van der Waals surface area contributed by atoms with Gasteiger partial charge in [-0.1, -0.05) is 11.3 Å². The molecule has 0 spiro atoms. The number of piperidine rings is 1. The first-order chi connectivity index (χ1) is 13.4. The molecule has 0 atom stereocenters. The number of aromatic nitrogens is 1. The molecule has 2 aromatic rings. The van der Waals surface area contributed by atoms with Crippen LogP contribution < -0.4 is 10.2 Å². The third-order valence-electron chi connectivity index (χ3n) is 4.34. The van der Waals surface area contributed by atoms with Gasteiger partial charge in [0.2, 0.25) is 5.78 Å². The molecule has 1 aliphatic rings. The van der Waals surface area contributed by atoms with Crippen LogP contribution in [0.3, 0.4) is 0 Å². The van der Waals surface area contributed by atoms with Crippen LogP contribution in [-0.4, -0.2) is 40.8 Å². The molecule has 0 amide bonds. The van der Waals surface area contributed by atoms with Crippen molar-refractivity contribution < 1.29 is 19.1 Å². The number of carbonyl (C=O) groups is 2. The first-order valence-electron chi connectivity index (χ1n) is 8.28. The van der Waals surface area contributed by atoms with Gasteiger partial charge in [-0.15, -0.1) is 0 Å². The van der Waals surface area contributed by atoms with Crippen molar-refractivity contribution in [3.63, 3.8) is 0 Å². The maximum Gasteiger partial charge on any atom is 0.347 e. The molecule has 2 heterocycles. The second-order valence-corrected chi connectivity index (χ2v) is 8.47. The molecule has 0 radical (unpaired) electrons. The van der Waals surface area contributed by atoms with E-state index in [-0.39, 0.29) is 28.2 Å². The van der Waals surface area contributed by atoms with Crippen LogP contribution in [-0.2, 0) is 4.79 Å². The number of hydrogen-bond acceptors (Lipinski definition) is 6. The number of ketones is 1. The highest BCUT2D eigenvalue weighted by atomic mass is 127. The number of halogens is 3. The Hall–Kier alpha value is -1.60. The minimum atomic E-state index is -0.991. The van der Waals surface area contributed by atoms with Gasteiger partial charge in [0.1, 0.15) is 10.7 Å². The molecule has 148 valence electrons. The molecule has 28 heavy (non-hydrogen) atoms. The number of amidine groups is 1. The van der Waals surface area contributed by atoms with Gasteiger partial charge in [0.15, 0.2) is 11.0 Å². The summed E-state index contributed by atoms with van der Waals surface area (Å²) in [6.07, 6.45) is 2.59. The third kappa shape index (κ3) is 4.87. The molecule has 0 saturated carbocycles. The number of carbonyl (C=O) groups excluding carboxylic acids is 1. The number of hydrogen-bond donors (Lipinski definition) is 2. The van der Waals surface area contributed by atoms with Crippen LogP contribution in [0.25, 0.3) is 0 Å². The summed E-state index contributed by atoms with van der Waals surface area (Å²) < 4.78 is 17.7. The van der Waals surface area contributed by atoms with E-state index in [1.807, 2.05) is 4.90 Å². The Morgan fingerprint density at radius 1 is 1.39 bits per heavy atom. The molecular formula is C17H15BrFIN4O3S. The number of nitrogens with zero attached hydrogens (tertiary/aromatic N) is 3. The van der Waals surface area contributed by atoms with Crippen molar-refractivity contribution in [2.45, 2.75) is 12.8 Å². The minimum absolute atomic E-state index is 0.0974. The van der Waals surface area contributed by atoms with Crippen LogP contribution in [0.15, 0.2) is 32.1 Å². The fourth-order valence-electron chi connectivity index (χ4n) is 2.87. The minimum Gasteiger partial charge on any atom is -0.477 e. The molecule has 1 fully saturated rings. The van der Waals surface area contributed by atoms with Gasteiger partial charge in [0.05, 0.1) is 33.5 Å². The number of carboxylic acids is 1. The van der Waals surface area contributed by atoms with E-state index in [2.05, 4.69) is 29.4 Å². The molecule has 0 bridgehead atoms. The Bertz CT molecular complexity index is 931. The van der Waals surface area contributed by atoms with Crippen molar-refractivity contribution >= 4 is 78.5 Å². The first-order valence-corrected chi connectivity index (χ1v) is 10.9. The fraction of sp³-hybridized carbons (Fsp3) is 0.294. The SMILES string of the molecule is O=C(O)c1cnc(N2CCC(C(=O)C(=NI)Nc3ccc(F)c(Br)c3)CC2)s1. The van der Waals surface area contributed by atoms with E-state index in [0.717, 1.165) is 11.3 Å². The number of nitrogens with one attached hydrogen (secondary N) is 1. The summed E-state index contributed by atoms with van der Waals surface area (Å²) in [6, 6.07) is 4.40. The topological polar surface area (TPSA) is 94.9 Å². The summed E-state index contributed by atoms with van der Waals surface area (Å²) in [5, 5.41) is 12.6. The molecule has 0 aliphatic carbocycles. The van der Waals surface area contributed by atoms with Crippen molar-refractivity contribution in [3.8, 4) is 0 Å². The lowest BCUT2D eigenvalue weighted by Crippen LogP contribution is -2.39. The average molecular weight is 581 g/mol. The lowest BCUT2D eigenvalue weighted by Gasteiger charge is -2.31. The van der Waals surface area contributed by atoms with E-state index in [9.17, 15) is 14.0 Å². The van der Waals surface area contributed by atoms with Crippen LogP contribution in [0.2, 0.25) is 0 Å². The molecule has 7 nitrogen and oxygen atoms in total. The summed E-state index contributed by atoms with van der Waals surface area (Å²) in [5.41, 5.74) is 0.568. The monoisotopic (exact) mass is 580 g/mol. The standard InChI is InChI=1S/C17H15BrFIN4O3S/c18-11-7-10(1-2-12(11)19)22-15(23-20)14(25)9-3-5-24(6-4-9)17-21-8-13(28-17)16(26)27/h1-2,7-9H,3-6H2,(H,22,23)(H,26,27). The molecule has 1 saturated heterocycles. The summed E-state index contributed by atoms with van der Waals surface area (Å²) in [4.78, 5) is 30.2. The van der Waals surface area contributed by atoms with Crippen LogP contribution in [0.1, 0.15) is 22.5 Å². The zero-order chi connectivity index (χ0) is 20.3. The largest absolute Gasteiger partial charge is 0.477 e.